The Morgan fingerprint density at radius 3 is 2.74 bits per heavy atom. The van der Waals surface area contributed by atoms with Crippen molar-refractivity contribution in [2.45, 2.75) is 5.54 Å². The van der Waals surface area contributed by atoms with E-state index >= 15 is 0 Å². The average molecular weight is 471 g/mol. The number of hydrogen-bond acceptors (Lipinski definition) is 7. The number of para-hydroxylation sites is 1. The monoisotopic (exact) mass is 470 g/mol. The average Bonchev–Trinajstić information content (AvgIpc) is 3.02. The summed E-state index contributed by atoms with van der Waals surface area (Å²) in [7, 11) is 5.08. The molecule has 9 nitrogen and oxygen atoms in total. The first-order valence-corrected chi connectivity index (χ1v) is 11.4. The molecule has 35 heavy (non-hydrogen) atoms. The van der Waals surface area contributed by atoms with Gasteiger partial charge in [0.15, 0.2) is 0 Å². The Balaban J connectivity index is 1.64. The zero-order chi connectivity index (χ0) is 24.3. The molecular formula is C26H26N6O3. The number of benzene rings is 2. The van der Waals surface area contributed by atoms with Crippen molar-refractivity contribution in [3.05, 3.63) is 64.8 Å². The van der Waals surface area contributed by atoms with Crippen molar-refractivity contribution in [1.82, 2.24) is 14.1 Å². The number of fused-ring (bicyclic) bond motifs is 1. The molecule has 2 aromatic carbocycles. The van der Waals surface area contributed by atoms with Gasteiger partial charge in [0.2, 0.25) is 0 Å². The second-order valence-electron chi connectivity index (χ2n) is 9.06. The smallest absolute Gasteiger partial charge is 0.329 e. The number of allylic oxidation sites excluding steroid dienone is 1. The molecule has 0 aliphatic carbocycles. The third-order valence-electron chi connectivity index (χ3n) is 7.10. The quantitative estimate of drug-likeness (QED) is 0.460. The molecule has 1 spiro atoms. The van der Waals surface area contributed by atoms with E-state index in [-0.39, 0.29) is 5.69 Å². The van der Waals surface area contributed by atoms with Crippen LogP contribution in [0.1, 0.15) is 5.56 Å². The van der Waals surface area contributed by atoms with Gasteiger partial charge in [0.05, 0.1) is 40.8 Å². The lowest BCUT2D eigenvalue weighted by Crippen LogP contribution is -2.67. The zero-order valence-corrected chi connectivity index (χ0v) is 19.9. The fourth-order valence-corrected chi connectivity index (χ4v) is 5.43. The molecule has 178 valence electrons. The largest absolute Gasteiger partial charge is 0.496 e. The highest BCUT2D eigenvalue weighted by molar-refractivity contribution is 6.17. The number of pyridine rings is 1. The Kier molecular flexibility index (Phi) is 4.64. The van der Waals surface area contributed by atoms with Crippen LogP contribution in [-0.2, 0) is 12.6 Å². The van der Waals surface area contributed by atoms with Gasteiger partial charge in [0, 0.05) is 56.9 Å². The third kappa shape index (κ3) is 2.84. The minimum absolute atomic E-state index is 0.0828. The van der Waals surface area contributed by atoms with Crippen LogP contribution in [0.25, 0.3) is 27.5 Å². The molecule has 0 atom stereocenters. The summed E-state index contributed by atoms with van der Waals surface area (Å²) in [5.41, 5.74) is 10.1. The summed E-state index contributed by atoms with van der Waals surface area (Å²) in [6.45, 7) is 1.62. The number of nitrogens with two attached hydrogens (primary N) is 1. The van der Waals surface area contributed by atoms with Crippen LogP contribution in [0.5, 0.6) is 11.5 Å². The molecule has 4 heterocycles. The van der Waals surface area contributed by atoms with Gasteiger partial charge in [0.1, 0.15) is 23.6 Å². The molecule has 0 unspecified atom stereocenters. The summed E-state index contributed by atoms with van der Waals surface area (Å²) in [6, 6.07) is 12.1. The minimum Gasteiger partial charge on any atom is -0.496 e. The van der Waals surface area contributed by atoms with E-state index in [2.05, 4.69) is 27.0 Å². The molecule has 0 amide bonds. The Bertz CT molecular complexity index is 1590. The second kappa shape index (κ2) is 7.63. The fraction of sp³-hybridized carbons (Fsp3) is 0.269. The Morgan fingerprint density at radius 1 is 1.29 bits per heavy atom. The number of methoxy groups -OCH3 is 1. The fourth-order valence-electron chi connectivity index (χ4n) is 5.43. The molecule has 0 bridgehead atoms. The van der Waals surface area contributed by atoms with Crippen LogP contribution < -0.4 is 25.8 Å². The summed E-state index contributed by atoms with van der Waals surface area (Å²) in [6.07, 6.45) is 4.91. The molecular weight excluding hydrogens is 444 g/mol. The molecule has 6 rings (SSSR count). The van der Waals surface area contributed by atoms with Gasteiger partial charge >= 0.3 is 5.69 Å². The van der Waals surface area contributed by atoms with Gasteiger partial charge < -0.3 is 20.1 Å². The van der Waals surface area contributed by atoms with Gasteiger partial charge in [-0.3, -0.25) is 19.1 Å². The van der Waals surface area contributed by atoms with Crippen molar-refractivity contribution in [3.63, 3.8) is 0 Å². The van der Waals surface area contributed by atoms with Gasteiger partial charge in [-0.1, -0.05) is 18.2 Å². The van der Waals surface area contributed by atoms with Crippen LogP contribution in [0.2, 0.25) is 0 Å². The highest BCUT2D eigenvalue weighted by atomic mass is 16.5. The van der Waals surface area contributed by atoms with E-state index in [0.717, 1.165) is 22.1 Å². The first-order valence-electron chi connectivity index (χ1n) is 11.4. The second-order valence-corrected chi connectivity index (χ2v) is 9.06. The van der Waals surface area contributed by atoms with Crippen molar-refractivity contribution in [1.29, 1.82) is 0 Å². The zero-order valence-electron chi connectivity index (χ0n) is 19.9. The molecule has 1 fully saturated rings. The maximum Gasteiger partial charge on any atom is 0.329 e. The highest BCUT2D eigenvalue weighted by Crippen LogP contribution is 2.47. The van der Waals surface area contributed by atoms with Crippen LogP contribution in [0.3, 0.4) is 0 Å². The third-order valence-corrected chi connectivity index (χ3v) is 7.10. The van der Waals surface area contributed by atoms with Crippen LogP contribution >= 0.6 is 0 Å². The van der Waals surface area contributed by atoms with Gasteiger partial charge in [0.25, 0.3) is 0 Å². The van der Waals surface area contributed by atoms with Crippen LogP contribution in [-0.4, -0.2) is 54.2 Å². The van der Waals surface area contributed by atoms with Crippen LogP contribution in [0.15, 0.2) is 58.6 Å². The molecule has 2 N–H and O–H groups in total. The molecule has 2 aliphatic heterocycles. The Morgan fingerprint density at radius 2 is 2.06 bits per heavy atom. The highest BCUT2D eigenvalue weighted by Gasteiger charge is 2.50. The predicted molar refractivity (Wildman–Crippen MR) is 138 cm³/mol. The van der Waals surface area contributed by atoms with Gasteiger partial charge in [-0.25, -0.2) is 4.79 Å². The maximum absolute atomic E-state index is 13.6. The lowest BCUT2D eigenvalue weighted by molar-refractivity contribution is 0.119. The first kappa shape index (κ1) is 21.3. The van der Waals surface area contributed by atoms with E-state index in [0.29, 0.717) is 47.8 Å². The van der Waals surface area contributed by atoms with E-state index < -0.39 is 5.54 Å². The summed E-state index contributed by atoms with van der Waals surface area (Å²) < 4.78 is 15.9. The van der Waals surface area contributed by atoms with Crippen molar-refractivity contribution >= 4 is 39.4 Å². The molecule has 2 aromatic heterocycles. The van der Waals surface area contributed by atoms with E-state index in [1.807, 2.05) is 28.8 Å². The Labute approximate surface area is 201 Å². The van der Waals surface area contributed by atoms with E-state index in [4.69, 9.17) is 15.2 Å². The lowest BCUT2D eigenvalue weighted by Gasteiger charge is -2.50. The van der Waals surface area contributed by atoms with Gasteiger partial charge in [-0.05, 0) is 12.1 Å². The van der Waals surface area contributed by atoms with E-state index in [1.54, 1.807) is 38.2 Å². The number of ether oxygens (including phenoxy) is 2. The summed E-state index contributed by atoms with van der Waals surface area (Å²) in [5, 5.41) is 0.773. The van der Waals surface area contributed by atoms with Crippen molar-refractivity contribution in [3.8, 4) is 11.5 Å². The summed E-state index contributed by atoms with van der Waals surface area (Å²) >= 11 is 0. The van der Waals surface area contributed by atoms with Gasteiger partial charge in [-0.15, -0.1) is 0 Å². The molecule has 2 aliphatic rings. The molecule has 0 radical (unpaired) electrons. The predicted octanol–water partition coefficient (Wildman–Crippen LogP) is 2.50. The summed E-state index contributed by atoms with van der Waals surface area (Å²) in [4.78, 5) is 24.7. The lowest BCUT2D eigenvalue weighted by atomic mass is 9.89. The Hall–Kier alpha value is -4.27. The molecule has 1 saturated heterocycles. The van der Waals surface area contributed by atoms with Crippen molar-refractivity contribution in [2.24, 2.45) is 17.8 Å². The normalized spacial score (nSPS) is 16.8. The molecule has 4 aromatic rings. The van der Waals surface area contributed by atoms with Crippen molar-refractivity contribution < 1.29 is 9.47 Å². The maximum atomic E-state index is 13.6. The number of aromatic nitrogens is 3. The minimum atomic E-state index is -0.532. The molecule has 9 heteroatoms. The standard InChI is InChI=1S/C26H26N6O3/c1-28-11-16(10-27)21-20(34-3)9-18-22-23-19(12-29-18)30(2)25(33)32(23)26(15-35-24(21)22)13-31(14-26)17-7-5-4-6-8-17/h4-12H,13-15,27H2,1-3H3. The van der Waals surface area contributed by atoms with Crippen LogP contribution in [0, 0.1) is 0 Å². The number of nitrogens with zero attached hydrogens (tertiary/aromatic N) is 5. The number of rotatable bonds is 4. The SMILES string of the molecule is CN=CC(=CN)c1c(OC)cc2ncc3c4c2c1OCC1(CN(c2ccccc2)C1)n4c(=O)n3C. The number of aryl methyl sites for hydroxylation is 1. The van der Waals surface area contributed by atoms with Gasteiger partial charge in [-0.2, -0.15) is 0 Å². The van der Waals surface area contributed by atoms with Crippen LogP contribution in [0.4, 0.5) is 5.69 Å². The topological polar surface area (TPSA) is 99.9 Å². The van der Waals surface area contributed by atoms with E-state index in [9.17, 15) is 4.79 Å². The number of hydrogen-bond donors (Lipinski definition) is 1. The first-order chi connectivity index (χ1) is 17.0. The van der Waals surface area contributed by atoms with E-state index in [1.165, 1.54) is 6.20 Å². The number of imidazole rings is 1. The summed E-state index contributed by atoms with van der Waals surface area (Å²) in [5.74, 6) is 1.18. The van der Waals surface area contributed by atoms with Crippen molar-refractivity contribution in [2.75, 3.05) is 38.8 Å². The molecule has 0 saturated carbocycles. The number of anilines is 1. The number of aliphatic imine (C=N–C) groups is 1.